The number of hydrogen-bond acceptors (Lipinski definition) is 2. The monoisotopic (exact) mass is 207 g/mol. The van der Waals surface area contributed by atoms with Crippen molar-refractivity contribution in [1.82, 2.24) is 14.9 Å². The first-order chi connectivity index (χ1) is 7.33. The van der Waals surface area contributed by atoms with Gasteiger partial charge in [0.05, 0.1) is 6.33 Å². The van der Waals surface area contributed by atoms with Crippen LogP contribution in [0.1, 0.15) is 37.8 Å². The topological polar surface area (TPSA) is 29.9 Å². The van der Waals surface area contributed by atoms with E-state index in [-0.39, 0.29) is 0 Å². The van der Waals surface area contributed by atoms with Gasteiger partial charge in [0, 0.05) is 24.9 Å². The highest BCUT2D eigenvalue weighted by molar-refractivity contribution is 5.09. The summed E-state index contributed by atoms with van der Waals surface area (Å²) < 4.78 is 2.18. The van der Waals surface area contributed by atoms with Crippen LogP contribution in [0.15, 0.2) is 12.5 Å². The second kappa shape index (κ2) is 4.79. The fourth-order valence-electron chi connectivity index (χ4n) is 2.71. The second-order valence-corrected chi connectivity index (χ2v) is 4.58. The molecule has 0 amide bonds. The zero-order valence-electron chi connectivity index (χ0n) is 9.74. The van der Waals surface area contributed by atoms with Crippen molar-refractivity contribution >= 4 is 0 Å². The molecule has 0 aromatic carbocycles. The van der Waals surface area contributed by atoms with Crippen LogP contribution in [0, 0.1) is 5.92 Å². The minimum Gasteiger partial charge on any atom is -0.337 e. The molecule has 3 heteroatoms. The lowest BCUT2D eigenvalue weighted by Crippen LogP contribution is -2.36. The van der Waals surface area contributed by atoms with Gasteiger partial charge in [-0.25, -0.2) is 4.98 Å². The van der Waals surface area contributed by atoms with Gasteiger partial charge in [0.2, 0.25) is 0 Å². The van der Waals surface area contributed by atoms with Gasteiger partial charge in [0.25, 0.3) is 0 Å². The Bertz CT molecular complexity index is 304. The van der Waals surface area contributed by atoms with E-state index in [0.717, 1.165) is 12.5 Å². The minimum atomic E-state index is 0.707. The molecule has 1 aromatic heterocycles. The summed E-state index contributed by atoms with van der Waals surface area (Å²) in [6.45, 7) is 4.59. The lowest BCUT2D eigenvalue weighted by molar-refractivity contribution is 0.298. The normalized spacial score (nSPS) is 26.8. The first-order valence-corrected chi connectivity index (χ1v) is 6.00. The minimum absolute atomic E-state index is 0.707. The molecule has 0 bridgehead atoms. The first-order valence-electron chi connectivity index (χ1n) is 6.00. The Kier molecular flexibility index (Phi) is 3.41. The van der Waals surface area contributed by atoms with Crippen LogP contribution in [0.5, 0.6) is 0 Å². The molecule has 0 radical (unpaired) electrons. The molecule has 0 saturated carbocycles. The average Bonchev–Trinajstić information content (AvgIpc) is 2.66. The maximum atomic E-state index is 4.23. The van der Waals surface area contributed by atoms with Gasteiger partial charge in [-0.05, 0) is 31.8 Å². The van der Waals surface area contributed by atoms with Crippen LogP contribution in [-0.2, 0) is 7.05 Å². The van der Waals surface area contributed by atoms with E-state index in [0.29, 0.717) is 5.92 Å². The summed E-state index contributed by atoms with van der Waals surface area (Å²) >= 11 is 0. The zero-order valence-corrected chi connectivity index (χ0v) is 9.74. The number of hydrogen-bond donors (Lipinski definition) is 1. The van der Waals surface area contributed by atoms with E-state index in [2.05, 4.69) is 28.8 Å². The molecule has 2 heterocycles. The molecule has 1 aliphatic heterocycles. The molecule has 2 unspecified atom stereocenters. The van der Waals surface area contributed by atoms with Crippen molar-refractivity contribution in [1.29, 1.82) is 0 Å². The van der Waals surface area contributed by atoms with Gasteiger partial charge in [-0.3, -0.25) is 0 Å². The van der Waals surface area contributed by atoms with Crippen LogP contribution in [0.25, 0.3) is 0 Å². The maximum Gasteiger partial charge on any atom is 0.0945 e. The lowest BCUT2D eigenvalue weighted by Gasteiger charge is -2.32. The summed E-state index contributed by atoms with van der Waals surface area (Å²) in [5, 5.41) is 3.50. The predicted octanol–water partition coefficient (Wildman–Crippen LogP) is 1.91. The van der Waals surface area contributed by atoms with Gasteiger partial charge in [0.1, 0.15) is 0 Å². The summed E-state index contributed by atoms with van der Waals surface area (Å²) in [6, 6.07) is 0. The van der Waals surface area contributed by atoms with Gasteiger partial charge in [0.15, 0.2) is 0 Å². The standard InChI is InChI=1S/C12H21N3/c1-3-4-10-7-13-6-5-11(10)12-8-14-9-15(12)2/h8-11,13H,3-7H2,1-2H3. The smallest absolute Gasteiger partial charge is 0.0945 e. The van der Waals surface area contributed by atoms with Crippen LogP contribution in [-0.4, -0.2) is 22.6 Å². The summed E-state index contributed by atoms with van der Waals surface area (Å²) in [4.78, 5) is 4.23. The number of rotatable bonds is 3. The van der Waals surface area contributed by atoms with Crippen molar-refractivity contribution in [3.05, 3.63) is 18.2 Å². The molecule has 3 nitrogen and oxygen atoms in total. The Morgan fingerprint density at radius 3 is 3.13 bits per heavy atom. The average molecular weight is 207 g/mol. The maximum absolute atomic E-state index is 4.23. The quantitative estimate of drug-likeness (QED) is 0.820. The molecular weight excluding hydrogens is 186 g/mol. The van der Waals surface area contributed by atoms with E-state index < -0.39 is 0 Å². The van der Waals surface area contributed by atoms with Gasteiger partial charge in [-0.1, -0.05) is 13.3 Å². The molecule has 0 aliphatic carbocycles. The third kappa shape index (κ3) is 2.23. The van der Waals surface area contributed by atoms with Crippen molar-refractivity contribution in [3.63, 3.8) is 0 Å². The number of nitrogens with one attached hydrogen (secondary N) is 1. The fraction of sp³-hybridized carbons (Fsp3) is 0.750. The van der Waals surface area contributed by atoms with E-state index in [1.807, 2.05) is 12.5 Å². The van der Waals surface area contributed by atoms with E-state index >= 15 is 0 Å². The summed E-state index contributed by atoms with van der Waals surface area (Å²) in [5.74, 6) is 1.50. The number of piperidine rings is 1. The summed E-state index contributed by atoms with van der Waals surface area (Å²) in [7, 11) is 2.10. The Labute approximate surface area is 91.9 Å². The predicted molar refractivity (Wildman–Crippen MR) is 61.8 cm³/mol. The second-order valence-electron chi connectivity index (χ2n) is 4.58. The van der Waals surface area contributed by atoms with E-state index in [1.54, 1.807) is 0 Å². The highest BCUT2D eigenvalue weighted by atomic mass is 15.0. The number of imidazole rings is 1. The van der Waals surface area contributed by atoms with E-state index in [1.165, 1.54) is 31.5 Å². The molecule has 0 spiro atoms. The molecule has 2 atom stereocenters. The van der Waals surface area contributed by atoms with Gasteiger partial charge >= 0.3 is 0 Å². The van der Waals surface area contributed by atoms with Gasteiger partial charge in [-0.15, -0.1) is 0 Å². The third-order valence-corrected chi connectivity index (χ3v) is 3.50. The molecule has 15 heavy (non-hydrogen) atoms. The largest absolute Gasteiger partial charge is 0.337 e. The SMILES string of the molecule is CCCC1CNCCC1c1cncn1C. The lowest BCUT2D eigenvalue weighted by atomic mass is 9.81. The molecule has 84 valence electrons. The Morgan fingerprint density at radius 1 is 1.60 bits per heavy atom. The van der Waals surface area contributed by atoms with E-state index in [4.69, 9.17) is 0 Å². The highest BCUT2D eigenvalue weighted by Gasteiger charge is 2.27. The van der Waals surface area contributed by atoms with Crippen LogP contribution in [0.3, 0.4) is 0 Å². The number of aromatic nitrogens is 2. The van der Waals surface area contributed by atoms with Crippen molar-refractivity contribution in [2.45, 2.75) is 32.1 Å². The molecule has 2 rings (SSSR count). The molecule has 1 aliphatic rings. The van der Waals surface area contributed by atoms with Crippen LogP contribution >= 0.6 is 0 Å². The van der Waals surface area contributed by atoms with Crippen molar-refractivity contribution < 1.29 is 0 Å². The molecule has 1 N–H and O–H groups in total. The van der Waals surface area contributed by atoms with Crippen molar-refractivity contribution in [3.8, 4) is 0 Å². The Balaban J connectivity index is 2.14. The number of nitrogens with zero attached hydrogens (tertiary/aromatic N) is 2. The Morgan fingerprint density at radius 2 is 2.47 bits per heavy atom. The Hall–Kier alpha value is -0.830. The molecule has 1 aromatic rings. The zero-order chi connectivity index (χ0) is 10.7. The number of aryl methyl sites for hydroxylation is 1. The highest BCUT2D eigenvalue weighted by Crippen LogP contribution is 2.32. The summed E-state index contributed by atoms with van der Waals surface area (Å²) in [6.07, 6.45) is 7.81. The van der Waals surface area contributed by atoms with Crippen LogP contribution in [0.4, 0.5) is 0 Å². The molecule has 1 saturated heterocycles. The van der Waals surface area contributed by atoms with Crippen LogP contribution < -0.4 is 5.32 Å². The van der Waals surface area contributed by atoms with Gasteiger partial charge < -0.3 is 9.88 Å². The fourth-order valence-corrected chi connectivity index (χ4v) is 2.71. The molecular formula is C12H21N3. The van der Waals surface area contributed by atoms with Crippen molar-refractivity contribution in [2.75, 3.05) is 13.1 Å². The van der Waals surface area contributed by atoms with Gasteiger partial charge in [-0.2, -0.15) is 0 Å². The molecule has 1 fully saturated rings. The summed E-state index contributed by atoms with van der Waals surface area (Å²) in [5.41, 5.74) is 1.41. The van der Waals surface area contributed by atoms with E-state index in [9.17, 15) is 0 Å². The van der Waals surface area contributed by atoms with Crippen LogP contribution in [0.2, 0.25) is 0 Å². The first kappa shape index (κ1) is 10.7. The van der Waals surface area contributed by atoms with Crippen molar-refractivity contribution in [2.24, 2.45) is 13.0 Å². The third-order valence-electron chi connectivity index (χ3n) is 3.50.